The van der Waals surface area contributed by atoms with Crippen LogP contribution in [0, 0.1) is 0 Å². The Balaban J connectivity index is 1.71. The number of fused-ring (bicyclic) bond motifs is 1. The Hall–Kier alpha value is -3.28. The van der Waals surface area contributed by atoms with Crippen molar-refractivity contribution in [3.63, 3.8) is 0 Å². The molecule has 6 nitrogen and oxygen atoms in total. The Bertz CT molecular complexity index is 925. The Morgan fingerprint density at radius 1 is 1.00 bits per heavy atom. The number of aromatic hydroxyl groups is 1. The van der Waals surface area contributed by atoms with E-state index in [2.05, 4.69) is 0 Å². The van der Waals surface area contributed by atoms with Gasteiger partial charge in [-0.25, -0.2) is 9.59 Å². The van der Waals surface area contributed by atoms with Gasteiger partial charge < -0.3 is 19.0 Å². The molecule has 0 unspecified atom stereocenters. The van der Waals surface area contributed by atoms with Gasteiger partial charge in [-0.1, -0.05) is 24.3 Å². The van der Waals surface area contributed by atoms with Gasteiger partial charge in [0, 0.05) is 0 Å². The number of carbonyl (C=O) groups excluding carboxylic acids is 2. The number of benzene rings is 2. The van der Waals surface area contributed by atoms with Gasteiger partial charge in [0.2, 0.25) is 5.76 Å². The van der Waals surface area contributed by atoms with E-state index in [0.717, 1.165) is 10.8 Å². The molecule has 0 aliphatic carbocycles. The molecule has 0 saturated heterocycles. The highest BCUT2D eigenvalue weighted by Crippen LogP contribution is 2.26. The summed E-state index contributed by atoms with van der Waals surface area (Å²) in [6.45, 7) is 1.77. The molecular formula is C19H16O6. The van der Waals surface area contributed by atoms with Crippen LogP contribution in [0.15, 0.2) is 52.9 Å². The highest BCUT2D eigenvalue weighted by Gasteiger charge is 2.16. The van der Waals surface area contributed by atoms with Crippen LogP contribution in [0.2, 0.25) is 0 Å². The third-order valence-electron chi connectivity index (χ3n) is 3.57. The summed E-state index contributed by atoms with van der Waals surface area (Å²) in [7, 11) is 0. The molecule has 0 aliphatic heterocycles. The number of phenols is 1. The summed E-state index contributed by atoms with van der Waals surface area (Å²) < 4.78 is 15.2. The zero-order valence-electron chi connectivity index (χ0n) is 13.5. The van der Waals surface area contributed by atoms with Crippen LogP contribution < -0.4 is 0 Å². The topological polar surface area (TPSA) is 86.0 Å². The van der Waals surface area contributed by atoms with E-state index >= 15 is 0 Å². The number of ether oxygens (including phenoxy) is 2. The fourth-order valence-electron chi connectivity index (χ4n) is 2.37. The molecule has 2 aromatic carbocycles. The van der Waals surface area contributed by atoms with Gasteiger partial charge in [-0.05, 0) is 42.0 Å². The van der Waals surface area contributed by atoms with Gasteiger partial charge in [0.1, 0.15) is 23.7 Å². The second-order valence-electron chi connectivity index (χ2n) is 5.28. The minimum Gasteiger partial charge on any atom is -0.507 e. The third-order valence-corrected chi connectivity index (χ3v) is 3.57. The fourth-order valence-corrected chi connectivity index (χ4v) is 2.37. The molecule has 3 aromatic rings. The lowest BCUT2D eigenvalue weighted by Gasteiger charge is -2.07. The maximum atomic E-state index is 12.2. The van der Waals surface area contributed by atoms with E-state index in [1.807, 2.05) is 24.3 Å². The first kappa shape index (κ1) is 16.6. The first-order chi connectivity index (χ1) is 12.1. The molecule has 25 heavy (non-hydrogen) atoms. The van der Waals surface area contributed by atoms with Crippen molar-refractivity contribution in [2.24, 2.45) is 0 Å². The van der Waals surface area contributed by atoms with Crippen LogP contribution in [-0.4, -0.2) is 23.7 Å². The molecule has 1 heterocycles. The maximum absolute atomic E-state index is 12.2. The standard InChI is InChI=1S/C19H16O6/c1-2-23-19(22)17-8-7-14(25-17)11-24-18(21)15-9-12-5-3-4-6-13(12)10-16(15)20/h3-10,20H,2,11H2,1H3. The molecule has 0 amide bonds. The molecule has 1 N–H and O–H groups in total. The second kappa shape index (κ2) is 7.09. The van der Waals surface area contributed by atoms with Crippen LogP contribution in [0.1, 0.15) is 33.6 Å². The smallest absolute Gasteiger partial charge is 0.374 e. The predicted molar refractivity (Wildman–Crippen MR) is 89.4 cm³/mol. The molecule has 0 aliphatic rings. The Kier molecular flexibility index (Phi) is 4.70. The minimum absolute atomic E-state index is 0.0430. The van der Waals surface area contributed by atoms with E-state index < -0.39 is 11.9 Å². The average molecular weight is 340 g/mol. The van der Waals surface area contributed by atoms with E-state index in [9.17, 15) is 14.7 Å². The molecule has 0 saturated carbocycles. The van der Waals surface area contributed by atoms with E-state index in [-0.39, 0.29) is 30.3 Å². The Labute approximate surface area is 143 Å². The molecule has 0 bridgehead atoms. The highest BCUT2D eigenvalue weighted by atomic mass is 16.6. The molecule has 3 rings (SSSR count). The number of phenolic OH excluding ortho intramolecular Hbond substituents is 1. The van der Waals surface area contributed by atoms with E-state index in [0.29, 0.717) is 5.76 Å². The van der Waals surface area contributed by atoms with Crippen LogP contribution in [0.4, 0.5) is 0 Å². The van der Waals surface area contributed by atoms with Crippen molar-refractivity contribution in [3.8, 4) is 5.75 Å². The number of hydrogen-bond donors (Lipinski definition) is 1. The number of esters is 2. The molecule has 128 valence electrons. The van der Waals surface area contributed by atoms with Gasteiger partial charge in [-0.2, -0.15) is 0 Å². The fraction of sp³-hybridized carbons (Fsp3) is 0.158. The lowest BCUT2D eigenvalue weighted by Crippen LogP contribution is -2.05. The molecule has 0 fully saturated rings. The van der Waals surface area contributed by atoms with E-state index in [1.54, 1.807) is 13.0 Å². The normalized spacial score (nSPS) is 10.6. The maximum Gasteiger partial charge on any atom is 0.374 e. The Morgan fingerprint density at radius 3 is 2.44 bits per heavy atom. The summed E-state index contributed by atoms with van der Waals surface area (Å²) in [5.74, 6) is -1.07. The second-order valence-corrected chi connectivity index (χ2v) is 5.28. The molecule has 0 spiro atoms. The van der Waals surface area contributed by atoms with Crippen LogP contribution in [-0.2, 0) is 16.1 Å². The van der Waals surface area contributed by atoms with Crippen LogP contribution in [0.3, 0.4) is 0 Å². The SMILES string of the molecule is CCOC(=O)c1ccc(COC(=O)c2cc3ccccc3cc2O)o1. The summed E-state index contributed by atoms with van der Waals surface area (Å²) in [5.41, 5.74) is 0.0656. The Morgan fingerprint density at radius 2 is 1.72 bits per heavy atom. The van der Waals surface area contributed by atoms with Gasteiger partial charge in [0.25, 0.3) is 0 Å². The number of rotatable bonds is 5. The van der Waals surface area contributed by atoms with Gasteiger partial charge >= 0.3 is 11.9 Å². The average Bonchev–Trinajstić information content (AvgIpc) is 3.08. The zero-order valence-corrected chi connectivity index (χ0v) is 13.5. The lowest BCUT2D eigenvalue weighted by molar-refractivity contribution is 0.0427. The first-order valence-electron chi connectivity index (χ1n) is 7.73. The third kappa shape index (κ3) is 3.63. The van der Waals surface area contributed by atoms with Crippen molar-refractivity contribution in [3.05, 3.63) is 65.6 Å². The van der Waals surface area contributed by atoms with Gasteiger partial charge in [-0.15, -0.1) is 0 Å². The zero-order chi connectivity index (χ0) is 17.8. The molecule has 0 atom stereocenters. The van der Waals surface area contributed by atoms with Crippen LogP contribution >= 0.6 is 0 Å². The minimum atomic E-state index is -0.683. The number of hydrogen-bond acceptors (Lipinski definition) is 6. The summed E-state index contributed by atoms with van der Waals surface area (Å²) in [6, 6.07) is 13.4. The van der Waals surface area contributed by atoms with Crippen molar-refractivity contribution in [2.75, 3.05) is 6.61 Å². The van der Waals surface area contributed by atoms with Crippen molar-refractivity contribution in [1.82, 2.24) is 0 Å². The number of furan rings is 1. The predicted octanol–water partition coefficient (Wildman–Crippen LogP) is 3.67. The molecule has 6 heteroatoms. The lowest BCUT2D eigenvalue weighted by atomic mass is 10.1. The summed E-state index contributed by atoms with van der Waals surface area (Å²) in [6.07, 6.45) is 0. The monoisotopic (exact) mass is 340 g/mol. The first-order valence-corrected chi connectivity index (χ1v) is 7.73. The number of carbonyl (C=O) groups is 2. The van der Waals surface area contributed by atoms with E-state index in [1.165, 1.54) is 18.2 Å². The quantitative estimate of drug-likeness (QED) is 0.713. The summed E-state index contributed by atoms with van der Waals surface area (Å²) in [5, 5.41) is 11.7. The van der Waals surface area contributed by atoms with Gasteiger partial charge in [0.15, 0.2) is 0 Å². The summed E-state index contributed by atoms with van der Waals surface area (Å²) >= 11 is 0. The van der Waals surface area contributed by atoms with Gasteiger partial charge in [-0.3, -0.25) is 0 Å². The van der Waals surface area contributed by atoms with Crippen molar-refractivity contribution < 1.29 is 28.6 Å². The largest absolute Gasteiger partial charge is 0.507 e. The highest BCUT2D eigenvalue weighted by molar-refractivity contribution is 5.98. The van der Waals surface area contributed by atoms with Gasteiger partial charge in [0.05, 0.1) is 6.61 Å². The molecule has 0 radical (unpaired) electrons. The van der Waals surface area contributed by atoms with Crippen molar-refractivity contribution in [1.29, 1.82) is 0 Å². The van der Waals surface area contributed by atoms with E-state index in [4.69, 9.17) is 13.9 Å². The molecule has 1 aromatic heterocycles. The van der Waals surface area contributed by atoms with Crippen molar-refractivity contribution >= 4 is 22.7 Å². The molecular weight excluding hydrogens is 324 g/mol. The van der Waals surface area contributed by atoms with Crippen LogP contribution in [0.5, 0.6) is 5.75 Å². The van der Waals surface area contributed by atoms with Crippen LogP contribution in [0.25, 0.3) is 10.8 Å². The van der Waals surface area contributed by atoms with Crippen molar-refractivity contribution in [2.45, 2.75) is 13.5 Å². The summed E-state index contributed by atoms with van der Waals surface area (Å²) in [4.78, 5) is 23.7.